The molecule has 0 aliphatic heterocycles. The predicted molar refractivity (Wildman–Crippen MR) is 87.1 cm³/mol. The van der Waals surface area contributed by atoms with Crippen molar-refractivity contribution in [1.29, 1.82) is 0 Å². The monoisotopic (exact) mass is 296 g/mol. The highest BCUT2D eigenvalue weighted by atomic mass is 16.1. The van der Waals surface area contributed by atoms with Crippen LogP contribution in [0.15, 0.2) is 35.1 Å². The Balaban J connectivity index is 2.07. The zero-order valence-electron chi connectivity index (χ0n) is 13.3. The first-order valence-corrected chi connectivity index (χ1v) is 7.48. The number of aromatic amines is 1. The molecule has 3 rings (SSSR count). The molecule has 5 heteroatoms. The van der Waals surface area contributed by atoms with Crippen LogP contribution in [0.5, 0.6) is 0 Å². The van der Waals surface area contributed by atoms with Gasteiger partial charge in [0, 0.05) is 17.3 Å². The molecule has 3 aromatic rings. The van der Waals surface area contributed by atoms with Gasteiger partial charge in [-0.2, -0.15) is 9.50 Å². The smallest absolute Gasteiger partial charge is 0.271 e. The zero-order chi connectivity index (χ0) is 15.9. The molecule has 0 spiro atoms. The number of hydrogen-bond acceptors (Lipinski definition) is 3. The van der Waals surface area contributed by atoms with Gasteiger partial charge in [-0.3, -0.25) is 9.89 Å². The lowest BCUT2D eigenvalue weighted by molar-refractivity contribution is 0.590. The summed E-state index contributed by atoms with van der Waals surface area (Å²) in [4.78, 5) is 20.9. The van der Waals surface area contributed by atoms with Crippen molar-refractivity contribution in [2.45, 2.75) is 39.5 Å². The molecule has 0 bridgehead atoms. The molecule has 0 atom stereocenters. The van der Waals surface area contributed by atoms with E-state index in [0.717, 1.165) is 11.3 Å². The Hall–Kier alpha value is -2.43. The third-order valence-electron chi connectivity index (χ3n) is 3.77. The van der Waals surface area contributed by atoms with Crippen molar-refractivity contribution in [3.05, 3.63) is 51.9 Å². The first-order chi connectivity index (χ1) is 10.4. The van der Waals surface area contributed by atoms with Gasteiger partial charge in [0.05, 0.1) is 0 Å². The Morgan fingerprint density at radius 3 is 2.41 bits per heavy atom. The average molecular weight is 296 g/mol. The number of aromatic nitrogens is 4. The van der Waals surface area contributed by atoms with Crippen molar-refractivity contribution >= 4 is 5.78 Å². The number of nitrogens with one attached hydrogen (secondary N) is 1. The first kappa shape index (κ1) is 14.5. The molecule has 0 radical (unpaired) electrons. The summed E-state index contributed by atoms with van der Waals surface area (Å²) in [6.45, 7) is 8.51. The second-order valence-corrected chi connectivity index (χ2v) is 6.47. The average Bonchev–Trinajstić information content (AvgIpc) is 2.91. The van der Waals surface area contributed by atoms with Gasteiger partial charge in [0.25, 0.3) is 11.3 Å². The lowest BCUT2D eigenvalue weighted by Crippen LogP contribution is -2.15. The zero-order valence-corrected chi connectivity index (χ0v) is 13.3. The molecule has 0 aliphatic carbocycles. The van der Waals surface area contributed by atoms with Crippen molar-refractivity contribution in [3.8, 4) is 11.4 Å². The molecule has 5 nitrogen and oxygen atoms in total. The van der Waals surface area contributed by atoms with Crippen LogP contribution in [-0.2, 0) is 11.8 Å². The maximum atomic E-state index is 12.0. The Bertz CT molecular complexity index is 866. The highest BCUT2D eigenvalue weighted by Gasteiger charge is 2.14. The second-order valence-electron chi connectivity index (χ2n) is 6.47. The first-order valence-electron chi connectivity index (χ1n) is 7.48. The number of benzene rings is 1. The van der Waals surface area contributed by atoms with Crippen molar-refractivity contribution in [2.75, 3.05) is 0 Å². The van der Waals surface area contributed by atoms with E-state index in [-0.39, 0.29) is 11.0 Å². The summed E-state index contributed by atoms with van der Waals surface area (Å²) < 4.78 is 1.38. The van der Waals surface area contributed by atoms with Crippen LogP contribution < -0.4 is 5.56 Å². The van der Waals surface area contributed by atoms with Gasteiger partial charge < -0.3 is 0 Å². The summed E-state index contributed by atoms with van der Waals surface area (Å²) in [5, 5.41) is 3.02. The summed E-state index contributed by atoms with van der Waals surface area (Å²) in [5.74, 6) is 1.07. The van der Waals surface area contributed by atoms with Crippen LogP contribution in [-0.4, -0.2) is 19.6 Å². The van der Waals surface area contributed by atoms with Crippen LogP contribution in [0.25, 0.3) is 17.2 Å². The van der Waals surface area contributed by atoms with E-state index < -0.39 is 0 Å². The molecule has 114 valence electrons. The molecule has 22 heavy (non-hydrogen) atoms. The normalized spacial score (nSPS) is 12.0. The van der Waals surface area contributed by atoms with Gasteiger partial charge in [0.1, 0.15) is 0 Å². The third kappa shape index (κ3) is 2.54. The molecule has 0 unspecified atom stereocenters. The number of aryl methyl sites for hydroxylation is 1. The Morgan fingerprint density at radius 2 is 1.82 bits per heavy atom. The summed E-state index contributed by atoms with van der Waals surface area (Å²) in [5.41, 5.74) is 2.94. The summed E-state index contributed by atoms with van der Waals surface area (Å²) in [6.07, 6.45) is 0.716. The van der Waals surface area contributed by atoms with E-state index in [1.807, 2.05) is 19.1 Å². The molecule has 2 aromatic heterocycles. The molecule has 0 saturated heterocycles. The van der Waals surface area contributed by atoms with E-state index in [1.165, 1.54) is 16.1 Å². The number of nitrogens with zero attached hydrogens (tertiary/aromatic N) is 3. The molecule has 2 heterocycles. The molecule has 0 saturated carbocycles. The fourth-order valence-corrected chi connectivity index (χ4v) is 2.37. The second kappa shape index (κ2) is 5.09. The minimum atomic E-state index is -0.132. The van der Waals surface area contributed by atoms with Crippen LogP contribution in [0.2, 0.25) is 0 Å². The Kier molecular flexibility index (Phi) is 3.35. The maximum absolute atomic E-state index is 12.0. The van der Waals surface area contributed by atoms with Crippen LogP contribution in [0, 0.1) is 0 Å². The van der Waals surface area contributed by atoms with Gasteiger partial charge in [0.2, 0.25) is 0 Å². The van der Waals surface area contributed by atoms with Crippen LogP contribution in [0.4, 0.5) is 0 Å². The van der Waals surface area contributed by atoms with Gasteiger partial charge in [-0.05, 0) is 17.4 Å². The van der Waals surface area contributed by atoms with Crippen LogP contribution in [0.1, 0.15) is 39.0 Å². The van der Waals surface area contributed by atoms with Gasteiger partial charge in [0.15, 0.2) is 5.82 Å². The minimum Gasteiger partial charge on any atom is -0.271 e. The molecule has 0 amide bonds. The highest BCUT2D eigenvalue weighted by molar-refractivity contribution is 5.57. The van der Waals surface area contributed by atoms with Crippen LogP contribution >= 0.6 is 0 Å². The highest BCUT2D eigenvalue weighted by Crippen LogP contribution is 2.24. The van der Waals surface area contributed by atoms with Crippen molar-refractivity contribution in [1.82, 2.24) is 19.6 Å². The SMILES string of the molecule is CCc1cc(=O)n2[nH]c(-c3ccc(C(C)(C)C)cc3)nc2n1. The quantitative estimate of drug-likeness (QED) is 0.791. The number of hydrogen-bond donors (Lipinski definition) is 1. The van der Waals surface area contributed by atoms with Gasteiger partial charge in [-0.25, -0.2) is 4.98 Å². The maximum Gasteiger partial charge on any atom is 0.274 e. The van der Waals surface area contributed by atoms with Gasteiger partial charge in [-0.15, -0.1) is 0 Å². The predicted octanol–water partition coefficient (Wildman–Crippen LogP) is 2.94. The lowest BCUT2D eigenvalue weighted by atomic mass is 9.87. The fourth-order valence-electron chi connectivity index (χ4n) is 2.37. The molecule has 1 N–H and O–H groups in total. The topological polar surface area (TPSA) is 63.0 Å². The van der Waals surface area contributed by atoms with E-state index in [2.05, 4.69) is 48.0 Å². The summed E-state index contributed by atoms with van der Waals surface area (Å²) >= 11 is 0. The van der Waals surface area contributed by atoms with E-state index in [4.69, 9.17) is 0 Å². The van der Waals surface area contributed by atoms with Crippen molar-refractivity contribution in [2.24, 2.45) is 0 Å². The summed E-state index contributed by atoms with van der Waals surface area (Å²) in [6, 6.07) is 9.76. The number of fused-ring (bicyclic) bond motifs is 1. The van der Waals surface area contributed by atoms with E-state index in [1.54, 1.807) is 0 Å². The van der Waals surface area contributed by atoms with Crippen molar-refractivity contribution < 1.29 is 0 Å². The molecule has 0 aliphatic rings. The van der Waals surface area contributed by atoms with Gasteiger partial charge in [-0.1, -0.05) is 52.0 Å². The molecule has 0 fully saturated rings. The minimum absolute atomic E-state index is 0.112. The van der Waals surface area contributed by atoms with Crippen LogP contribution in [0.3, 0.4) is 0 Å². The largest absolute Gasteiger partial charge is 0.274 e. The summed E-state index contributed by atoms with van der Waals surface area (Å²) in [7, 11) is 0. The standard InChI is InChI=1S/C17H20N4O/c1-5-13-10-14(22)21-16(18-13)19-15(20-21)11-6-8-12(9-7-11)17(2,3)4/h6-10H,5H2,1-4H3,(H,18,19,20). The number of H-pyrrole nitrogens is 1. The fraction of sp³-hybridized carbons (Fsp3) is 0.353. The van der Waals surface area contributed by atoms with Gasteiger partial charge >= 0.3 is 0 Å². The molecular formula is C17H20N4O. The van der Waals surface area contributed by atoms with E-state index in [0.29, 0.717) is 18.0 Å². The van der Waals surface area contributed by atoms with E-state index in [9.17, 15) is 4.79 Å². The third-order valence-corrected chi connectivity index (χ3v) is 3.77. The molecular weight excluding hydrogens is 276 g/mol. The lowest BCUT2D eigenvalue weighted by Gasteiger charge is -2.18. The molecule has 1 aromatic carbocycles. The van der Waals surface area contributed by atoms with E-state index >= 15 is 0 Å². The number of rotatable bonds is 2. The Labute approximate surface area is 129 Å². The van der Waals surface area contributed by atoms with Crippen molar-refractivity contribution in [3.63, 3.8) is 0 Å². The Morgan fingerprint density at radius 1 is 1.14 bits per heavy atom.